The molecule has 1 aliphatic heterocycles. The first-order valence-electron chi connectivity index (χ1n) is 10.3. The fraction of sp³-hybridized carbons (Fsp3) is 0.304. The van der Waals surface area contributed by atoms with E-state index in [1.165, 1.54) is 31.1 Å². The topological polar surface area (TPSA) is 93.7 Å². The van der Waals surface area contributed by atoms with Crippen LogP contribution >= 0.6 is 11.3 Å². The van der Waals surface area contributed by atoms with Crippen molar-refractivity contribution in [2.24, 2.45) is 0 Å². The van der Waals surface area contributed by atoms with Gasteiger partial charge in [0.05, 0.1) is 14.2 Å². The lowest BCUT2D eigenvalue weighted by molar-refractivity contribution is -0.117. The van der Waals surface area contributed by atoms with Crippen molar-refractivity contribution < 1.29 is 19.1 Å². The van der Waals surface area contributed by atoms with E-state index in [0.29, 0.717) is 35.2 Å². The van der Waals surface area contributed by atoms with E-state index in [1.54, 1.807) is 23.1 Å². The Hall–Kier alpha value is -3.46. The number of carbonyl (C=O) groups is 2. The predicted octanol–water partition coefficient (Wildman–Crippen LogP) is 3.89. The Balaban J connectivity index is 1.45. The van der Waals surface area contributed by atoms with Gasteiger partial charge in [-0.25, -0.2) is 0 Å². The zero-order valence-electron chi connectivity index (χ0n) is 18.1. The van der Waals surface area contributed by atoms with Crippen molar-refractivity contribution in [3.05, 3.63) is 58.6 Å². The van der Waals surface area contributed by atoms with Gasteiger partial charge in [0, 0.05) is 36.2 Å². The summed E-state index contributed by atoms with van der Waals surface area (Å²) in [6.45, 7) is 2.64. The molecule has 0 radical (unpaired) electrons. The van der Waals surface area contributed by atoms with Crippen LogP contribution in [0.3, 0.4) is 0 Å². The van der Waals surface area contributed by atoms with Gasteiger partial charge in [-0.15, -0.1) is 10.2 Å². The van der Waals surface area contributed by atoms with E-state index in [1.807, 2.05) is 24.3 Å². The molecule has 1 N–H and O–H groups in total. The van der Waals surface area contributed by atoms with Gasteiger partial charge in [0.2, 0.25) is 11.0 Å². The minimum absolute atomic E-state index is 0.0588. The standard InChI is InChI=1S/C23H24N4O4S/c1-4-14-5-7-17(8-6-14)27-13-16(11-20(27)28)22-25-26-23(32-22)24-21(29)15-9-18(30-2)12-19(10-15)31-3/h5-10,12,16H,4,11,13H2,1-3H3,(H,24,26,29)/t16-/m0/s1. The van der Waals surface area contributed by atoms with Crippen molar-refractivity contribution in [1.82, 2.24) is 10.2 Å². The summed E-state index contributed by atoms with van der Waals surface area (Å²) in [6.07, 6.45) is 1.32. The number of carbonyl (C=O) groups excluding carboxylic acids is 2. The predicted molar refractivity (Wildman–Crippen MR) is 123 cm³/mol. The van der Waals surface area contributed by atoms with Crippen molar-refractivity contribution in [3.8, 4) is 11.5 Å². The number of rotatable bonds is 7. The molecule has 0 saturated carbocycles. The monoisotopic (exact) mass is 452 g/mol. The number of nitrogens with zero attached hydrogens (tertiary/aromatic N) is 3. The van der Waals surface area contributed by atoms with Gasteiger partial charge in [-0.2, -0.15) is 0 Å². The fourth-order valence-electron chi connectivity index (χ4n) is 3.59. The van der Waals surface area contributed by atoms with Gasteiger partial charge in [0.1, 0.15) is 16.5 Å². The van der Waals surface area contributed by atoms with Gasteiger partial charge in [0.15, 0.2) is 0 Å². The van der Waals surface area contributed by atoms with Gasteiger partial charge < -0.3 is 14.4 Å². The van der Waals surface area contributed by atoms with E-state index in [9.17, 15) is 9.59 Å². The average Bonchev–Trinajstić information content (AvgIpc) is 3.45. The highest BCUT2D eigenvalue weighted by atomic mass is 32.1. The number of nitrogens with one attached hydrogen (secondary N) is 1. The quantitative estimate of drug-likeness (QED) is 0.585. The summed E-state index contributed by atoms with van der Waals surface area (Å²) in [4.78, 5) is 27.1. The largest absolute Gasteiger partial charge is 0.497 e. The molecule has 4 rings (SSSR count). The number of aryl methyl sites for hydroxylation is 1. The zero-order valence-corrected chi connectivity index (χ0v) is 18.9. The maximum atomic E-state index is 12.7. The molecule has 1 aliphatic rings. The first-order valence-corrected chi connectivity index (χ1v) is 11.1. The molecule has 0 aliphatic carbocycles. The summed E-state index contributed by atoms with van der Waals surface area (Å²) in [5, 5.41) is 12.2. The first-order chi connectivity index (χ1) is 15.5. The third kappa shape index (κ3) is 4.57. The molecular formula is C23H24N4O4S. The number of anilines is 2. The number of aromatic nitrogens is 2. The van der Waals surface area contributed by atoms with Crippen LogP contribution < -0.4 is 19.7 Å². The molecule has 1 saturated heterocycles. The Bertz CT molecular complexity index is 1110. The lowest BCUT2D eigenvalue weighted by atomic mass is 10.1. The van der Waals surface area contributed by atoms with Gasteiger partial charge in [-0.05, 0) is 36.2 Å². The van der Waals surface area contributed by atoms with Crippen molar-refractivity contribution in [2.75, 3.05) is 31.0 Å². The van der Waals surface area contributed by atoms with Crippen molar-refractivity contribution in [3.63, 3.8) is 0 Å². The van der Waals surface area contributed by atoms with Crippen LogP contribution in [0.4, 0.5) is 10.8 Å². The number of methoxy groups -OCH3 is 2. The molecule has 8 nitrogen and oxygen atoms in total. The number of hydrogen-bond acceptors (Lipinski definition) is 7. The highest BCUT2D eigenvalue weighted by Gasteiger charge is 2.34. The molecule has 0 unspecified atom stereocenters. The van der Waals surface area contributed by atoms with Crippen LogP contribution in [-0.4, -0.2) is 42.8 Å². The number of benzene rings is 2. The van der Waals surface area contributed by atoms with E-state index < -0.39 is 0 Å². The average molecular weight is 453 g/mol. The number of ether oxygens (including phenoxy) is 2. The van der Waals surface area contributed by atoms with E-state index in [-0.39, 0.29) is 17.7 Å². The molecule has 1 aromatic heterocycles. The van der Waals surface area contributed by atoms with Crippen molar-refractivity contribution in [2.45, 2.75) is 25.7 Å². The van der Waals surface area contributed by atoms with Crippen LogP contribution in [0, 0.1) is 0 Å². The van der Waals surface area contributed by atoms with E-state index in [2.05, 4.69) is 22.4 Å². The van der Waals surface area contributed by atoms with E-state index in [0.717, 1.165) is 17.1 Å². The Labute approximate surface area is 190 Å². The number of amides is 2. The maximum absolute atomic E-state index is 12.7. The van der Waals surface area contributed by atoms with Gasteiger partial charge in [0.25, 0.3) is 5.91 Å². The van der Waals surface area contributed by atoms with Gasteiger partial charge >= 0.3 is 0 Å². The number of hydrogen-bond donors (Lipinski definition) is 1. The van der Waals surface area contributed by atoms with Crippen molar-refractivity contribution >= 4 is 34.0 Å². The lowest BCUT2D eigenvalue weighted by Crippen LogP contribution is -2.24. The lowest BCUT2D eigenvalue weighted by Gasteiger charge is -2.16. The molecule has 166 valence electrons. The third-order valence-corrected chi connectivity index (χ3v) is 6.41. The summed E-state index contributed by atoms with van der Waals surface area (Å²) < 4.78 is 10.4. The molecule has 2 amide bonds. The smallest absolute Gasteiger partial charge is 0.257 e. The molecule has 0 spiro atoms. The van der Waals surface area contributed by atoms with E-state index >= 15 is 0 Å². The molecule has 1 fully saturated rings. The summed E-state index contributed by atoms with van der Waals surface area (Å²) >= 11 is 1.28. The molecule has 2 aromatic carbocycles. The summed E-state index contributed by atoms with van der Waals surface area (Å²) in [5.74, 6) is 0.690. The normalized spacial score (nSPS) is 15.7. The van der Waals surface area contributed by atoms with Crippen LogP contribution in [0.2, 0.25) is 0 Å². The summed E-state index contributed by atoms with van der Waals surface area (Å²) in [5.41, 5.74) is 2.51. The molecule has 3 aromatic rings. The van der Waals surface area contributed by atoms with Crippen LogP contribution in [-0.2, 0) is 11.2 Å². The second-order valence-corrected chi connectivity index (χ2v) is 8.44. The Morgan fingerprint density at radius 3 is 2.44 bits per heavy atom. The Morgan fingerprint density at radius 2 is 1.81 bits per heavy atom. The molecule has 0 bridgehead atoms. The third-order valence-electron chi connectivity index (χ3n) is 5.41. The van der Waals surface area contributed by atoms with Crippen LogP contribution in [0.1, 0.15) is 40.2 Å². The highest BCUT2D eigenvalue weighted by Crippen LogP contribution is 2.34. The SMILES string of the molecule is CCc1ccc(N2C[C@@H](c3nnc(NC(=O)c4cc(OC)cc(OC)c4)s3)CC2=O)cc1. The first kappa shape index (κ1) is 21.8. The molecule has 32 heavy (non-hydrogen) atoms. The summed E-state index contributed by atoms with van der Waals surface area (Å²) in [7, 11) is 3.05. The van der Waals surface area contributed by atoms with E-state index in [4.69, 9.17) is 9.47 Å². The summed E-state index contributed by atoms with van der Waals surface area (Å²) in [6, 6.07) is 13.0. The fourth-order valence-corrected chi connectivity index (χ4v) is 4.42. The van der Waals surface area contributed by atoms with Crippen LogP contribution in [0.25, 0.3) is 0 Å². The second kappa shape index (κ2) is 9.35. The minimum Gasteiger partial charge on any atom is -0.497 e. The highest BCUT2D eigenvalue weighted by molar-refractivity contribution is 7.15. The molecule has 2 heterocycles. The Morgan fingerprint density at radius 1 is 1.12 bits per heavy atom. The van der Waals surface area contributed by atoms with Crippen LogP contribution in [0.15, 0.2) is 42.5 Å². The van der Waals surface area contributed by atoms with Gasteiger partial charge in [-0.3, -0.25) is 14.9 Å². The second-order valence-electron chi connectivity index (χ2n) is 7.43. The van der Waals surface area contributed by atoms with Crippen molar-refractivity contribution in [1.29, 1.82) is 0 Å². The zero-order chi connectivity index (χ0) is 22.7. The molecule has 1 atom stereocenters. The molecule has 9 heteroatoms. The maximum Gasteiger partial charge on any atom is 0.257 e. The van der Waals surface area contributed by atoms with Crippen LogP contribution in [0.5, 0.6) is 11.5 Å². The molecular weight excluding hydrogens is 428 g/mol. The van der Waals surface area contributed by atoms with Gasteiger partial charge in [-0.1, -0.05) is 30.4 Å². The Kier molecular flexibility index (Phi) is 6.36. The minimum atomic E-state index is -0.343.